The van der Waals surface area contributed by atoms with Gasteiger partial charge in [0.05, 0.1) is 0 Å². The Morgan fingerprint density at radius 1 is 1.41 bits per heavy atom. The lowest BCUT2D eigenvalue weighted by Crippen LogP contribution is -2.54. The van der Waals surface area contributed by atoms with Gasteiger partial charge in [-0.2, -0.15) is 0 Å². The van der Waals surface area contributed by atoms with E-state index in [4.69, 9.17) is 5.73 Å². The van der Waals surface area contributed by atoms with Crippen LogP contribution in [-0.4, -0.2) is 29.2 Å². The maximum atomic E-state index is 14.4. The van der Waals surface area contributed by atoms with Crippen molar-refractivity contribution in [1.29, 1.82) is 0 Å². The first kappa shape index (κ1) is 16.4. The summed E-state index contributed by atoms with van der Waals surface area (Å²) in [4.78, 5) is 22.8. The zero-order valence-electron chi connectivity index (χ0n) is 12.5. The van der Waals surface area contributed by atoms with E-state index in [1.807, 2.05) is 37.3 Å². The summed E-state index contributed by atoms with van der Waals surface area (Å²) in [7, 11) is 0. The molecule has 1 amide bonds. The van der Waals surface area contributed by atoms with Gasteiger partial charge in [-0.15, -0.1) is 0 Å². The van der Waals surface area contributed by atoms with Gasteiger partial charge in [0.25, 0.3) is 0 Å². The molecule has 0 saturated heterocycles. The molecule has 0 aliphatic heterocycles. The number of carboxylic acids is 1. The van der Waals surface area contributed by atoms with Crippen LogP contribution >= 0.6 is 0 Å². The lowest BCUT2D eigenvalue weighted by atomic mass is 9.71. The number of carbonyl (C=O) groups is 2. The fraction of sp³-hybridized carbons (Fsp3) is 0.500. The summed E-state index contributed by atoms with van der Waals surface area (Å²) in [6.45, 7) is 1.93. The molecule has 0 spiro atoms. The third kappa shape index (κ3) is 3.11. The van der Waals surface area contributed by atoms with E-state index in [2.05, 4.69) is 5.32 Å². The monoisotopic (exact) mass is 308 g/mol. The Kier molecular flexibility index (Phi) is 4.81. The van der Waals surface area contributed by atoms with Crippen LogP contribution in [0.15, 0.2) is 30.3 Å². The van der Waals surface area contributed by atoms with E-state index < -0.39 is 29.5 Å². The second-order valence-corrected chi connectivity index (χ2v) is 5.92. The minimum atomic E-state index is -1.78. The number of primary amides is 1. The summed E-state index contributed by atoms with van der Waals surface area (Å²) in [5.74, 6) is -2.30. The van der Waals surface area contributed by atoms with Gasteiger partial charge in [0, 0.05) is 18.5 Å². The van der Waals surface area contributed by atoms with Crippen LogP contribution in [0.1, 0.15) is 37.8 Å². The molecule has 0 bridgehead atoms. The first-order valence-corrected chi connectivity index (χ1v) is 7.35. The summed E-state index contributed by atoms with van der Waals surface area (Å²) in [6, 6.07) is 9.06. The molecule has 0 heterocycles. The minimum Gasteiger partial charge on any atom is -0.480 e. The number of rotatable bonds is 5. The van der Waals surface area contributed by atoms with Gasteiger partial charge in [0.2, 0.25) is 5.91 Å². The topological polar surface area (TPSA) is 92.4 Å². The average molecular weight is 308 g/mol. The predicted molar refractivity (Wildman–Crippen MR) is 79.8 cm³/mol. The van der Waals surface area contributed by atoms with Crippen LogP contribution in [0.4, 0.5) is 4.39 Å². The Balaban J connectivity index is 2.05. The normalized spacial score (nSPS) is 29.7. The van der Waals surface area contributed by atoms with Gasteiger partial charge in [0.1, 0.15) is 11.6 Å². The number of aliphatic carboxylic acids is 1. The van der Waals surface area contributed by atoms with Gasteiger partial charge in [-0.1, -0.05) is 30.3 Å². The zero-order chi connectivity index (χ0) is 16.3. The number of halogens is 1. The molecule has 0 aromatic heterocycles. The van der Waals surface area contributed by atoms with Crippen LogP contribution in [-0.2, 0) is 9.59 Å². The van der Waals surface area contributed by atoms with Crippen LogP contribution in [0.3, 0.4) is 0 Å². The van der Waals surface area contributed by atoms with E-state index in [0.717, 1.165) is 5.56 Å². The SMILES string of the molecule is C[C@@H](NC1CCC(C(N)=O)(C(=O)O)CC1F)c1ccccc1. The smallest absolute Gasteiger partial charge is 0.319 e. The van der Waals surface area contributed by atoms with E-state index >= 15 is 0 Å². The Hall–Kier alpha value is -1.95. The van der Waals surface area contributed by atoms with E-state index in [1.165, 1.54) is 0 Å². The molecule has 1 aliphatic rings. The van der Waals surface area contributed by atoms with Gasteiger partial charge in [-0.3, -0.25) is 9.59 Å². The molecule has 2 rings (SSSR count). The van der Waals surface area contributed by atoms with Gasteiger partial charge in [0.15, 0.2) is 0 Å². The highest BCUT2D eigenvalue weighted by Gasteiger charge is 2.51. The number of nitrogens with two attached hydrogens (primary N) is 1. The molecule has 4 atom stereocenters. The van der Waals surface area contributed by atoms with Gasteiger partial charge >= 0.3 is 5.97 Å². The molecule has 22 heavy (non-hydrogen) atoms. The van der Waals surface area contributed by atoms with Crippen molar-refractivity contribution >= 4 is 11.9 Å². The first-order chi connectivity index (χ1) is 10.4. The average Bonchev–Trinajstić information content (AvgIpc) is 2.49. The largest absolute Gasteiger partial charge is 0.480 e. The van der Waals surface area contributed by atoms with Crippen molar-refractivity contribution in [3.63, 3.8) is 0 Å². The summed E-state index contributed by atoms with van der Waals surface area (Å²) in [5, 5.41) is 12.4. The van der Waals surface area contributed by atoms with Crippen molar-refractivity contribution in [3.8, 4) is 0 Å². The zero-order valence-corrected chi connectivity index (χ0v) is 12.5. The van der Waals surface area contributed by atoms with Crippen LogP contribution in [0.25, 0.3) is 0 Å². The van der Waals surface area contributed by atoms with Crippen molar-refractivity contribution in [2.24, 2.45) is 11.1 Å². The first-order valence-electron chi connectivity index (χ1n) is 7.35. The van der Waals surface area contributed by atoms with Crippen LogP contribution in [0.2, 0.25) is 0 Å². The second-order valence-electron chi connectivity index (χ2n) is 5.92. The van der Waals surface area contributed by atoms with Crippen LogP contribution in [0.5, 0.6) is 0 Å². The quantitative estimate of drug-likeness (QED) is 0.723. The molecule has 5 nitrogen and oxygen atoms in total. The molecule has 120 valence electrons. The molecule has 6 heteroatoms. The number of nitrogens with one attached hydrogen (secondary N) is 1. The minimum absolute atomic E-state index is 0.0528. The molecule has 3 unspecified atom stereocenters. The molecule has 4 N–H and O–H groups in total. The molecule has 1 fully saturated rings. The summed E-state index contributed by atoms with van der Waals surface area (Å²) in [6.07, 6.45) is -1.50. The van der Waals surface area contributed by atoms with Crippen molar-refractivity contribution < 1.29 is 19.1 Å². The Morgan fingerprint density at radius 2 is 2.05 bits per heavy atom. The highest BCUT2D eigenvalue weighted by molar-refractivity contribution is 6.01. The molecule has 1 saturated carbocycles. The fourth-order valence-electron chi connectivity index (χ4n) is 3.03. The third-order valence-corrected chi connectivity index (χ3v) is 4.51. The number of benzene rings is 1. The molecule has 1 aromatic rings. The predicted octanol–water partition coefficient (Wildman–Crippen LogP) is 1.78. The van der Waals surface area contributed by atoms with E-state index in [1.54, 1.807) is 0 Å². The number of hydrogen-bond donors (Lipinski definition) is 3. The maximum Gasteiger partial charge on any atom is 0.319 e. The van der Waals surface area contributed by atoms with Crippen molar-refractivity contribution in [2.45, 2.75) is 44.4 Å². The van der Waals surface area contributed by atoms with E-state index in [9.17, 15) is 19.1 Å². The van der Waals surface area contributed by atoms with E-state index in [-0.39, 0.29) is 25.3 Å². The lowest BCUT2D eigenvalue weighted by Gasteiger charge is -2.38. The Labute approximate surface area is 128 Å². The van der Waals surface area contributed by atoms with E-state index in [0.29, 0.717) is 0 Å². The van der Waals surface area contributed by atoms with Crippen molar-refractivity contribution in [1.82, 2.24) is 5.32 Å². The Morgan fingerprint density at radius 3 is 2.55 bits per heavy atom. The van der Waals surface area contributed by atoms with Crippen LogP contribution in [0, 0.1) is 5.41 Å². The van der Waals surface area contributed by atoms with Gasteiger partial charge in [-0.25, -0.2) is 4.39 Å². The highest BCUT2D eigenvalue weighted by atomic mass is 19.1. The van der Waals surface area contributed by atoms with Crippen molar-refractivity contribution in [3.05, 3.63) is 35.9 Å². The third-order valence-electron chi connectivity index (χ3n) is 4.51. The number of hydrogen-bond acceptors (Lipinski definition) is 3. The van der Waals surface area contributed by atoms with Crippen molar-refractivity contribution in [2.75, 3.05) is 0 Å². The van der Waals surface area contributed by atoms with Gasteiger partial charge in [-0.05, 0) is 25.3 Å². The summed E-state index contributed by atoms with van der Waals surface area (Å²) < 4.78 is 14.4. The molecule has 1 aliphatic carbocycles. The number of carbonyl (C=O) groups excluding carboxylic acids is 1. The highest BCUT2D eigenvalue weighted by Crippen LogP contribution is 2.38. The molecule has 1 aromatic carbocycles. The lowest BCUT2D eigenvalue weighted by molar-refractivity contribution is -0.159. The second kappa shape index (κ2) is 6.44. The Bertz CT molecular complexity index is 536. The number of alkyl halides is 1. The summed E-state index contributed by atoms with van der Waals surface area (Å²) in [5.41, 5.74) is 4.44. The fourth-order valence-corrected chi connectivity index (χ4v) is 3.03. The maximum absolute atomic E-state index is 14.4. The standard InChI is InChI=1S/C16H21FN2O3/c1-10(11-5-3-2-4-6-11)19-13-7-8-16(14(18)20,15(21)22)9-12(13)17/h2-6,10,12-13,19H,7-9H2,1H3,(H2,18,20)(H,21,22)/t10-,12?,13?,16?/m1/s1. The number of amides is 1. The molecular weight excluding hydrogens is 287 g/mol. The summed E-state index contributed by atoms with van der Waals surface area (Å²) >= 11 is 0. The van der Waals surface area contributed by atoms with Gasteiger partial charge < -0.3 is 16.2 Å². The van der Waals surface area contributed by atoms with Crippen LogP contribution < -0.4 is 11.1 Å². The molecular formula is C16H21FN2O3. The molecule has 0 radical (unpaired) electrons. The number of carboxylic acid groups (broad SMARTS) is 1.